The molecule has 1 unspecified atom stereocenters. The molecule has 3 nitrogen and oxygen atoms in total. The van der Waals surface area contributed by atoms with Gasteiger partial charge in [0.1, 0.15) is 0 Å². The van der Waals surface area contributed by atoms with Gasteiger partial charge in [0.15, 0.2) is 11.5 Å². The van der Waals surface area contributed by atoms with Crippen molar-refractivity contribution in [2.45, 2.75) is 19.0 Å². The van der Waals surface area contributed by atoms with Crippen LogP contribution in [0.25, 0.3) is 11.1 Å². The van der Waals surface area contributed by atoms with Crippen LogP contribution in [0, 0.1) is 0 Å². The number of fused-ring (bicyclic) bond motifs is 2. The van der Waals surface area contributed by atoms with E-state index in [1.54, 1.807) is 6.07 Å². The Labute approximate surface area is 123 Å². The molecule has 0 radical (unpaired) electrons. The summed E-state index contributed by atoms with van der Waals surface area (Å²) in [5, 5.41) is 20.1. The SMILES string of the molecule is C=CCN1Cc2cccc3c2C1Cc1ccc(O)c(O)c1-3. The summed E-state index contributed by atoms with van der Waals surface area (Å²) in [4.78, 5) is 2.41. The van der Waals surface area contributed by atoms with Gasteiger partial charge >= 0.3 is 0 Å². The lowest BCUT2D eigenvalue weighted by atomic mass is 9.81. The van der Waals surface area contributed by atoms with Crippen LogP contribution in [0.4, 0.5) is 0 Å². The number of nitrogens with zero attached hydrogens (tertiary/aromatic N) is 1. The highest BCUT2D eigenvalue weighted by molar-refractivity contribution is 5.82. The van der Waals surface area contributed by atoms with Gasteiger partial charge in [-0.2, -0.15) is 0 Å². The molecule has 2 aromatic carbocycles. The quantitative estimate of drug-likeness (QED) is 0.654. The summed E-state index contributed by atoms with van der Waals surface area (Å²) in [6.45, 7) is 5.63. The third-order valence-corrected chi connectivity index (χ3v) is 4.63. The monoisotopic (exact) mass is 279 g/mol. The predicted molar refractivity (Wildman–Crippen MR) is 82.3 cm³/mol. The molecule has 1 aliphatic carbocycles. The molecule has 0 aromatic heterocycles. The molecule has 1 heterocycles. The molecule has 0 fully saturated rings. The van der Waals surface area contributed by atoms with Crippen molar-refractivity contribution in [2.75, 3.05) is 6.54 Å². The predicted octanol–water partition coefficient (Wildman–Crippen LogP) is 3.36. The zero-order chi connectivity index (χ0) is 14.6. The minimum Gasteiger partial charge on any atom is -0.504 e. The lowest BCUT2D eigenvalue weighted by molar-refractivity contribution is 0.237. The van der Waals surface area contributed by atoms with E-state index in [9.17, 15) is 10.2 Å². The van der Waals surface area contributed by atoms with E-state index in [1.807, 2.05) is 24.3 Å². The van der Waals surface area contributed by atoms with Gasteiger partial charge in [-0.25, -0.2) is 0 Å². The topological polar surface area (TPSA) is 43.7 Å². The Balaban J connectivity index is 1.96. The van der Waals surface area contributed by atoms with Crippen molar-refractivity contribution >= 4 is 0 Å². The van der Waals surface area contributed by atoms with Crippen molar-refractivity contribution in [3.05, 3.63) is 59.7 Å². The number of hydrogen-bond donors (Lipinski definition) is 2. The molecule has 2 N–H and O–H groups in total. The lowest BCUT2D eigenvalue weighted by Crippen LogP contribution is -2.25. The summed E-state index contributed by atoms with van der Waals surface area (Å²) in [6, 6.07) is 10.1. The fourth-order valence-electron chi connectivity index (χ4n) is 3.76. The maximum absolute atomic E-state index is 10.3. The summed E-state index contributed by atoms with van der Waals surface area (Å²) in [7, 11) is 0. The van der Waals surface area contributed by atoms with Gasteiger partial charge in [0.05, 0.1) is 0 Å². The van der Waals surface area contributed by atoms with Crippen LogP contribution >= 0.6 is 0 Å². The highest BCUT2D eigenvalue weighted by atomic mass is 16.3. The van der Waals surface area contributed by atoms with Crippen LogP contribution in [-0.4, -0.2) is 21.7 Å². The number of benzene rings is 2. The van der Waals surface area contributed by atoms with E-state index in [-0.39, 0.29) is 11.5 Å². The average molecular weight is 279 g/mol. The molecule has 106 valence electrons. The first kappa shape index (κ1) is 12.5. The van der Waals surface area contributed by atoms with Gasteiger partial charge in [-0.05, 0) is 34.7 Å². The Kier molecular flexibility index (Phi) is 2.59. The molecule has 1 aliphatic heterocycles. The minimum absolute atomic E-state index is 0.00141. The molecular formula is C18H17NO2. The van der Waals surface area contributed by atoms with E-state index in [4.69, 9.17) is 0 Å². The number of phenols is 2. The molecular weight excluding hydrogens is 262 g/mol. The first-order valence-corrected chi connectivity index (χ1v) is 7.21. The molecule has 2 aliphatic rings. The van der Waals surface area contributed by atoms with Crippen LogP contribution in [0.3, 0.4) is 0 Å². The average Bonchev–Trinajstić information content (AvgIpc) is 2.83. The molecule has 3 heteroatoms. The molecule has 2 aromatic rings. The van der Waals surface area contributed by atoms with Crippen LogP contribution in [0.1, 0.15) is 22.7 Å². The van der Waals surface area contributed by atoms with Crippen LogP contribution in [0.2, 0.25) is 0 Å². The molecule has 1 atom stereocenters. The third-order valence-electron chi connectivity index (χ3n) is 4.63. The van der Waals surface area contributed by atoms with Crippen LogP contribution < -0.4 is 0 Å². The molecule has 0 saturated heterocycles. The van der Waals surface area contributed by atoms with Crippen molar-refractivity contribution < 1.29 is 10.2 Å². The lowest BCUT2D eigenvalue weighted by Gasteiger charge is -2.30. The maximum atomic E-state index is 10.3. The summed E-state index contributed by atoms with van der Waals surface area (Å²) in [6.07, 6.45) is 2.80. The van der Waals surface area contributed by atoms with E-state index >= 15 is 0 Å². The molecule has 0 spiro atoms. The number of rotatable bonds is 2. The van der Waals surface area contributed by atoms with Crippen molar-refractivity contribution in [3.63, 3.8) is 0 Å². The van der Waals surface area contributed by atoms with Crippen LogP contribution in [-0.2, 0) is 13.0 Å². The fraction of sp³-hybridized carbons (Fsp3) is 0.222. The first-order valence-electron chi connectivity index (χ1n) is 7.21. The smallest absolute Gasteiger partial charge is 0.165 e. The number of hydrogen-bond acceptors (Lipinski definition) is 3. The second-order valence-corrected chi connectivity index (χ2v) is 5.78. The summed E-state index contributed by atoms with van der Waals surface area (Å²) >= 11 is 0. The molecule has 21 heavy (non-hydrogen) atoms. The Morgan fingerprint density at radius 3 is 2.86 bits per heavy atom. The molecule has 0 bridgehead atoms. The van der Waals surface area contributed by atoms with E-state index in [2.05, 4.69) is 17.5 Å². The highest BCUT2D eigenvalue weighted by Gasteiger charge is 2.37. The first-order chi connectivity index (χ1) is 10.2. The highest BCUT2D eigenvalue weighted by Crippen LogP contribution is 2.51. The second kappa shape index (κ2) is 4.37. The summed E-state index contributed by atoms with van der Waals surface area (Å²) in [5.41, 5.74) is 5.55. The van der Waals surface area contributed by atoms with Gasteiger partial charge in [-0.15, -0.1) is 6.58 Å². The largest absolute Gasteiger partial charge is 0.504 e. The third kappa shape index (κ3) is 1.64. The number of aromatic hydroxyl groups is 2. The van der Waals surface area contributed by atoms with Crippen molar-refractivity contribution in [3.8, 4) is 22.6 Å². The zero-order valence-electron chi connectivity index (χ0n) is 11.7. The Bertz CT molecular complexity index is 751. The van der Waals surface area contributed by atoms with E-state index in [0.717, 1.165) is 36.2 Å². The maximum Gasteiger partial charge on any atom is 0.165 e. The van der Waals surface area contributed by atoms with Gasteiger partial charge in [0, 0.05) is 24.7 Å². The molecule has 0 amide bonds. The van der Waals surface area contributed by atoms with Crippen molar-refractivity contribution in [2.24, 2.45) is 0 Å². The summed E-state index contributed by atoms with van der Waals surface area (Å²) < 4.78 is 0. The molecule has 4 rings (SSSR count). The Morgan fingerprint density at radius 2 is 2.05 bits per heavy atom. The van der Waals surface area contributed by atoms with Crippen molar-refractivity contribution in [1.82, 2.24) is 4.90 Å². The van der Waals surface area contributed by atoms with Gasteiger partial charge < -0.3 is 10.2 Å². The zero-order valence-corrected chi connectivity index (χ0v) is 11.7. The number of phenolic OH excluding ortho intramolecular Hbond substituents is 2. The van der Waals surface area contributed by atoms with E-state index in [0.29, 0.717) is 6.04 Å². The van der Waals surface area contributed by atoms with E-state index in [1.165, 1.54) is 11.1 Å². The van der Waals surface area contributed by atoms with Crippen LogP contribution in [0.5, 0.6) is 11.5 Å². The van der Waals surface area contributed by atoms with Crippen molar-refractivity contribution in [1.29, 1.82) is 0 Å². The second-order valence-electron chi connectivity index (χ2n) is 5.78. The minimum atomic E-state index is -0.0502. The Morgan fingerprint density at radius 1 is 1.19 bits per heavy atom. The fourth-order valence-corrected chi connectivity index (χ4v) is 3.76. The van der Waals surface area contributed by atoms with Crippen LogP contribution in [0.15, 0.2) is 43.0 Å². The van der Waals surface area contributed by atoms with Gasteiger partial charge in [0.2, 0.25) is 0 Å². The van der Waals surface area contributed by atoms with Gasteiger partial charge in [0.25, 0.3) is 0 Å². The molecule has 0 saturated carbocycles. The van der Waals surface area contributed by atoms with E-state index < -0.39 is 0 Å². The standard InChI is InChI=1S/C18H17NO2/c1-2-8-19-10-12-4-3-5-13-16(12)14(19)9-11-6-7-15(20)18(21)17(11)13/h2-7,14,20-21H,1,8-10H2. The normalized spacial score (nSPS) is 19.1. The Hall–Kier alpha value is -2.26. The van der Waals surface area contributed by atoms with Gasteiger partial charge in [-0.3, -0.25) is 4.90 Å². The van der Waals surface area contributed by atoms with Gasteiger partial charge in [-0.1, -0.05) is 30.3 Å². The summed E-state index contributed by atoms with van der Waals surface area (Å²) in [5.74, 6) is -0.0488.